The van der Waals surface area contributed by atoms with Gasteiger partial charge in [0.1, 0.15) is 5.75 Å². The van der Waals surface area contributed by atoms with Gasteiger partial charge in [-0.05, 0) is 56.3 Å². The van der Waals surface area contributed by atoms with Crippen LogP contribution in [0.3, 0.4) is 0 Å². The fraction of sp³-hybridized carbons (Fsp3) is 0.625. The molecule has 0 amide bonds. The van der Waals surface area contributed by atoms with Gasteiger partial charge in [-0.3, -0.25) is 0 Å². The lowest BCUT2D eigenvalue weighted by molar-refractivity contribution is 0.252. The SMILES string of the molecule is CCCc1ccccc1OCCC1CCCNC1. The van der Waals surface area contributed by atoms with Gasteiger partial charge in [0.25, 0.3) is 0 Å². The Morgan fingerprint density at radius 1 is 1.33 bits per heavy atom. The Hall–Kier alpha value is -1.02. The van der Waals surface area contributed by atoms with Crippen LogP contribution in [0.1, 0.15) is 38.2 Å². The number of hydrogen-bond acceptors (Lipinski definition) is 2. The van der Waals surface area contributed by atoms with Crippen LogP contribution in [0.4, 0.5) is 0 Å². The molecule has 0 radical (unpaired) electrons. The predicted octanol–water partition coefficient (Wildman–Crippen LogP) is 3.41. The van der Waals surface area contributed by atoms with Gasteiger partial charge in [0.15, 0.2) is 0 Å². The van der Waals surface area contributed by atoms with Crippen LogP contribution < -0.4 is 10.1 Å². The number of nitrogens with one attached hydrogen (secondary N) is 1. The van der Waals surface area contributed by atoms with Crippen molar-refractivity contribution in [3.05, 3.63) is 29.8 Å². The van der Waals surface area contributed by atoms with E-state index in [1.54, 1.807) is 0 Å². The summed E-state index contributed by atoms with van der Waals surface area (Å²) in [5.74, 6) is 1.89. The van der Waals surface area contributed by atoms with Crippen molar-refractivity contribution in [3.63, 3.8) is 0 Å². The maximum absolute atomic E-state index is 5.96. The summed E-state index contributed by atoms with van der Waals surface area (Å²) in [5.41, 5.74) is 1.35. The minimum absolute atomic E-state index is 0.803. The summed E-state index contributed by atoms with van der Waals surface area (Å²) in [4.78, 5) is 0. The molecule has 100 valence electrons. The fourth-order valence-electron chi connectivity index (χ4n) is 2.63. The van der Waals surface area contributed by atoms with Crippen LogP contribution in [-0.2, 0) is 6.42 Å². The summed E-state index contributed by atoms with van der Waals surface area (Å²) in [6.07, 6.45) is 6.13. The zero-order chi connectivity index (χ0) is 12.6. The highest BCUT2D eigenvalue weighted by Crippen LogP contribution is 2.21. The first-order valence-corrected chi connectivity index (χ1v) is 7.31. The molecule has 1 aliphatic rings. The molecule has 1 N–H and O–H groups in total. The van der Waals surface area contributed by atoms with E-state index in [0.717, 1.165) is 24.7 Å². The number of para-hydroxylation sites is 1. The minimum atomic E-state index is 0.803. The molecule has 1 unspecified atom stereocenters. The molecular formula is C16H25NO. The third kappa shape index (κ3) is 4.02. The van der Waals surface area contributed by atoms with Gasteiger partial charge >= 0.3 is 0 Å². The van der Waals surface area contributed by atoms with Crippen molar-refractivity contribution in [2.75, 3.05) is 19.7 Å². The highest BCUT2D eigenvalue weighted by Gasteiger charge is 2.12. The van der Waals surface area contributed by atoms with E-state index in [1.807, 2.05) is 0 Å². The van der Waals surface area contributed by atoms with E-state index >= 15 is 0 Å². The Morgan fingerprint density at radius 3 is 3.00 bits per heavy atom. The molecule has 1 aromatic carbocycles. The van der Waals surface area contributed by atoms with Crippen molar-refractivity contribution in [2.45, 2.75) is 39.0 Å². The molecule has 2 heteroatoms. The summed E-state index contributed by atoms with van der Waals surface area (Å²) in [7, 11) is 0. The molecular weight excluding hydrogens is 222 g/mol. The quantitative estimate of drug-likeness (QED) is 0.832. The molecule has 1 fully saturated rings. The maximum atomic E-state index is 5.96. The normalized spacial score (nSPS) is 19.7. The molecule has 1 heterocycles. The number of ether oxygens (including phenoxy) is 1. The molecule has 0 bridgehead atoms. The zero-order valence-corrected chi connectivity index (χ0v) is 11.5. The third-order valence-electron chi connectivity index (χ3n) is 3.67. The van der Waals surface area contributed by atoms with Gasteiger partial charge in [0.05, 0.1) is 6.61 Å². The lowest BCUT2D eigenvalue weighted by atomic mass is 9.97. The molecule has 1 atom stereocenters. The number of benzene rings is 1. The topological polar surface area (TPSA) is 21.3 Å². The maximum Gasteiger partial charge on any atom is 0.122 e. The van der Waals surface area contributed by atoms with Crippen LogP contribution in [0.2, 0.25) is 0 Å². The van der Waals surface area contributed by atoms with Gasteiger partial charge in [-0.15, -0.1) is 0 Å². The van der Waals surface area contributed by atoms with Gasteiger partial charge in [-0.2, -0.15) is 0 Å². The molecule has 0 saturated carbocycles. The molecule has 1 saturated heterocycles. The predicted molar refractivity (Wildman–Crippen MR) is 76.1 cm³/mol. The van der Waals surface area contributed by atoms with E-state index in [0.29, 0.717) is 0 Å². The van der Waals surface area contributed by atoms with Gasteiger partial charge in [0.2, 0.25) is 0 Å². The van der Waals surface area contributed by atoms with Crippen molar-refractivity contribution >= 4 is 0 Å². The second-order valence-corrected chi connectivity index (χ2v) is 5.21. The monoisotopic (exact) mass is 247 g/mol. The average molecular weight is 247 g/mol. The molecule has 2 nitrogen and oxygen atoms in total. The standard InChI is InChI=1S/C16H25NO/c1-2-6-15-8-3-4-9-16(15)18-12-10-14-7-5-11-17-13-14/h3-4,8-9,14,17H,2,5-7,10-13H2,1H3. The first-order valence-electron chi connectivity index (χ1n) is 7.31. The minimum Gasteiger partial charge on any atom is -0.493 e. The summed E-state index contributed by atoms with van der Waals surface area (Å²) in [5, 5.41) is 3.46. The molecule has 0 spiro atoms. The number of piperidine rings is 1. The van der Waals surface area contributed by atoms with Gasteiger partial charge in [0, 0.05) is 0 Å². The van der Waals surface area contributed by atoms with Crippen molar-refractivity contribution < 1.29 is 4.74 Å². The Kier molecular flexibility index (Phi) is 5.53. The van der Waals surface area contributed by atoms with Crippen molar-refractivity contribution in [1.29, 1.82) is 0 Å². The average Bonchev–Trinajstić information content (AvgIpc) is 2.42. The smallest absolute Gasteiger partial charge is 0.122 e. The van der Waals surface area contributed by atoms with Crippen molar-refractivity contribution in [3.8, 4) is 5.75 Å². The van der Waals surface area contributed by atoms with Gasteiger partial charge in [-0.1, -0.05) is 31.5 Å². The van der Waals surface area contributed by atoms with Crippen LogP contribution in [0, 0.1) is 5.92 Å². The van der Waals surface area contributed by atoms with E-state index in [-0.39, 0.29) is 0 Å². The molecule has 0 aliphatic carbocycles. The first-order chi connectivity index (χ1) is 8.90. The second-order valence-electron chi connectivity index (χ2n) is 5.21. The molecule has 1 aromatic rings. The molecule has 1 aliphatic heterocycles. The Labute approximate surface area is 111 Å². The summed E-state index contributed by atoms with van der Waals surface area (Å²) >= 11 is 0. The number of rotatable bonds is 6. The van der Waals surface area contributed by atoms with Crippen LogP contribution in [0.15, 0.2) is 24.3 Å². The Bertz CT molecular complexity index is 345. The summed E-state index contributed by atoms with van der Waals surface area (Å²) in [6.45, 7) is 5.42. The van der Waals surface area contributed by atoms with Gasteiger partial charge < -0.3 is 10.1 Å². The number of aryl methyl sites for hydroxylation is 1. The molecule has 0 aromatic heterocycles. The van der Waals surface area contributed by atoms with Crippen LogP contribution in [0.25, 0.3) is 0 Å². The van der Waals surface area contributed by atoms with E-state index in [1.165, 1.54) is 44.3 Å². The molecule has 2 rings (SSSR count). The van der Waals surface area contributed by atoms with Crippen molar-refractivity contribution in [2.24, 2.45) is 5.92 Å². The van der Waals surface area contributed by atoms with Crippen LogP contribution >= 0.6 is 0 Å². The van der Waals surface area contributed by atoms with E-state index in [9.17, 15) is 0 Å². The van der Waals surface area contributed by atoms with E-state index in [2.05, 4.69) is 36.5 Å². The van der Waals surface area contributed by atoms with Crippen LogP contribution in [-0.4, -0.2) is 19.7 Å². The second kappa shape index (κ2) is 7.42. The highest BCUT2D eigenvalue weighted by atomic mass is 16.5. The van der Waals surface area contributed by atoms with Gasteiger partial charge in [-0.25, -0.2) is 0 Å². The Morgan fingerprint density at radius 2 is 2.22 bits per heavy atom. The zero-order valence-electron chi connectivity index (χ0n) is 11.5. The lowest BCUT2D eigenvalue weighted by Gasteiger charge is -2.22. The lowest BCUT2D eigenvalue weighted by Crippen LogP contribution is -2.30. The van der Waals surface area contributed by atoms with E-state index in [4.69, 9.17) is 4.74 Å². The van der Waals surface area contributed by atoms with Crippen LogP contribution in [0.5, 0.6) is 5.75 Å². The highest BCUT2D eigenvalue weighted by molar-refractivity contribution is 5.33. The third-order valence-corrected chi connectivity index (χ3v) is 3.67. The summed E-state index contributed by atoms with van der Waals surface area (Å²) in [6, 6.07) is 8.45. The fourth-order valence-corrected chi connectivity index (χ4v) is 2.63. The largest absolute Gasteiger partial charge is 0.493 e. The summed E-state index contributed by atoms with van der Waals surface area (Å²) < 4.78 is 5.96. The molecule has 18 heavy (non-hydrogen) atoms. The Balaban J connectivity index is 1.78. The van der Waals surface area contributed by atoms with E-state index < -0.39 is 0 Å². The first kappa shape index (κ1) is 13.4. The van der Waals surface area contributed by atoms with Crippen molar-refractivity contribution in [1.82, 2.24) is 5.32 Å². The number of hydrogen-bond donors (Lipinski definition) is 1.